The molecular formula is C36H31N2ORu. The summed E-state index contributed by atoms with van der Waals surface area (Å²) in [5.74, 6) is 0.819. The van der Waals surface area contributed by atoms with Crippen molar-refractivity contribution in [1.29, 1.82) is 0 Å². The van der Waals surface area contributed by atoms with Gasteiger partial charge in [-0.15, -0.1) is 10.9 Å². The van der Waals surface area contributed by atoms with Crippen LogP contribution in [-0.2, 0) is 19.5 Å². The molecule has 0 saturated heterocycles. The Balaban J connectivity index is 0.00000343. The van der Waals surface area contributed by atoms with Crippen LogP contribution in [0, 0.1) is 26.8 Å². The van der Waals surface area contributed by atoms with Gasteiger partial charge >= 0.3 is 19.5 Å². The molecule has 1 atom stereocenters. The number of anilines is 2. The van der Waals surface area contributed by atoms with Gasteiger partial charge in [-0.25, -0.2) is 0 Å². The van der Waals surface area contributed by atoms with Gasteiger partial charge in [0, 0.05) is 16.6 Å². The first-order valence-electron chi connectivity index (χ1n) is 15.2. The number of hydrogen-bond acceptors (Lipinski definition) is 2. The van der Waals surface area contributed by atoms with Gasteiger partial charge in [-0.2, -0.15) is 17.7 Å². The summed E-state index contributed by atoms with van der Waals surface area (Å²) in [7, 11) is 1.69. The molecule has 40 heavy (non-hydrogen) atoms. The second-order valence-corrected chi connectivity index (χ2v) is 10.2. The molecular weight excluding hydrogens is 577 g/mol. The third-order valence-electron chi connectivity index (χ3n) is 8.29. The summed E-state index contributed by atoms with van der Waals surface area (Å²) in [6.45, 7) is 8.38. The van der Waals surface area contributed by atoms with Crippen molar-refractivity contribution in [2.45, 2.75) is 33.9 Å². The number of benzene rings is 5. The second kappa shape index (κ2) is 9.95. The van der Waals surface area contributed by atoms with Gasteiger partial charge in [0.2, 0.25) is 0 Å². The average molecular weight is 613 g/mol. The van der Waals surface area contributed by atoms with Gasteiger partial charge in [0.15, 0.2) is 0 Å². The minimum atomic E-state index is -0.244. The molecule has 0 fully saturated rings. The maximum absolute atomic E-state index is 9.19. The molecule has 1 aliphatic rings. The Kier molecular flexibility index (Phi) is 5.44. The summed E-state index contributed by atoms with van der Waals surface area (Å²) >= 11 is 0. The third kappa shape index (κ3) is 3.66. The predicted octanol–water partition coefficient (Wildman–Crippen LogP) is 9.63. The molecule has 3 nitrogen and oxygen atoms in total. The van der Waals surface area contributed by atoms with Crippen LogP contribution in [0.3, 0.4) is 0 Å². The molecule has 0 aliphatic carbocycles. The van der Waals surface area contributed by atoms with Crippen molar-refractivity contribution in [1.82, 2.24) is 4.57 Å². The smallest absolute Gasteiger partial charge is 0.496 e. The molecule has 0 bridgehead atoms. The molecule has 1 aliphatic heterocycles. The molecule has 2 heterocycles. The monoisotopic (exact) mass is 613 g/mol. The summed E-state index contributed by atoms with van der Waals surface area (Å²) < 4.78 is 43.7. The molecule has 1 aromatic heterocycles. The van der Waals surface area contributed by atoms with E-state index in [4.69, 9.17) is 8.85 Å². The molecule has 0 N–H and O–H groups in total. The quantitative estimate of drug-likeness (QED) is 0.143. The van der Waals surface area contributed by atoms with Gasteiger partial charge in [0.1, 0.15) is 11.9 Å². The molecule has 5 aromatic carbocycles. The van der Waals surface area contributed by atoms with Gasteiger partial charge in [-0.3, -0.25) is 0 Å². The molecule has 1 radical (unpaired) electrons. The molecule has 0 amide bonds. The minimum Gasteiger partial charge on any atom is -0.496 e. The van der Waals surface area contributed by atoms with E-state index in [1.165, 1.54) is 0 Å². The Morgan fingerprint density at radius 1 is 0.725 bits per heavy atom. The Labute approximate surface area is 253 Å². The van der Waals surface area contributed by atoms with Crippen LogP contribution in [0.1, 0.15) is 35.3 Å². The van der Waals surface area contributed by atoms with Crippen LogP contribution in [0.4, 0.5) is 11.4 Å². The predicted molar refractivity (Wildman–Crippen MR) is 165 cm³/mol. The van der Waals surface area contributed by atoms with Crippen molar-refractivity contribution in [3.05, 3.63) is 114 Å². The number of aromatic nitrogens is 1. The van der Waals surface area contributed by atoms with Crippen LogP contribution >= 0.6 is 0 Å². The van der Waals surface area contributed by atoms with Crippen molar-refractivity contribution >= 4 is 54.7 Å². The summed E-state index contributed by atoms with van der Waals surface area (Å²) in [6.07, 6.45) is -0.175. The van der Waals surface area contributed by atoms with Gasteiger partial charge in [-0.1, -0.05) is 91.4 Å². The number of aryl methyl sites for hydroxylation is 2. The summed E-state index contributed by atoms with van der Waals surface area (Å²) in [4.78, 5) is 2.34. The maximum Gasteiger partial charge on any atom is 1.00 e. The number of methoxy groups -OCH3 is 1. The van der Waals surface area contributed by atoms with Crippen LogP contribution in [-0.4, -0.2) is 11.7 Å². The summed E-state index contributed by atoms with van der Waals surface area (Å²) in [5.41, 5.74) is 7.06. The number of hydrogen-bond donors (Lipinski definition) is 0. The van der Waals surface area contributed by atoms with E-state index in [2.05, 4.69) is 66.6 Å². The van der Waals surface area contributed by atoms with Crippen LogP contribution in [0.25, 0.3) is 43.4 Å². The van der Waals surface area contributed by atoms with Crippen molar-refractivity contribution in [3.8, 4) is 5.75 Å². The molecule has 199 valence electrons. The van der Waals surface area contributed by atoms with E-state index in [9.17, 15) is 1.37 Å². The van der Waals surface area contributed by atoms with E-state index < -0.39 is 0 Å². The fourth-order valence-corrected chi connectivity index (χ4v) is 6.30. The standard InChI is InChI=1S/C36H31N2O.Ru/c1-22-20-21-31-29-15-9-7-13-27(29)26-12-6-8-14-28(26)30-16-10-18-33-36(30)38(35(31)23(22)2)25(4)37(33)32-17-11-19-34(39-5)24(32)3;/h6-19,21,25H,1-5H3;/q-1;+1/t25-;/m1./s1/i7D,9D,13D,15D;. The normalized spacial score (nSPS) is 15.5. The Bertz CT molecular complexity index is 2240. The zero-order valence-corrected chi connectivity index (χ0v) is 24.8. The SMILES string of the molecule is [2H]c1c([2H])c([2H])c2c3c[c-]c(C)c(C)c3n3c4c(cccc4c4ccccc4c2c1[2H])N(c1cccc(OC)c1C)[C@H]3C.[Ru+]. The van der Waals surface area contributed by atoms with Crippen molar-refractivity contribution in [3.63, 3.8) is 0 Å². The Morgan fingerprint density at radius 2 is 1.35 bits per heavy atom. The van der Waals surface area contributed by atoms with Crippen LogP contribution in [0.5, 0.6) is 5.75 Å². The third-order valence-corrected chi connectivity index (χ3v) is 8.29. The fourth-order valence-electron chi connectivity index (χ4n) is 6.30. The van der Waals surface area contributed by atoms with Gasteiger partial charge < -0.3 is 14.2 Å². The van der Waals surface area contributed by atoms with Crippen LogP contribution in [0.15, 0.2) is 90.9 Å². The van der Waals surface area contributed by atoms with Gasteiger partial charge in [0.05, 0.1) is 23.8 Å². The first kappa shape index (κ1) is 21.9. The second-order valence-electron chi connectivity index (χ2n) is 10.2. The first-order valence-corrected chi connectivity index (χ1v) is 13.2. The van der Waals surface area contributed by atoms with E-state index in [0.29, 0.717) is 10.8 Å². The maximum atomic E-state index is 9.19. The Hall–Kier alpha value is -3.88. The first-order chi connectivity index (χ1) is 20.7. The van der Waals surface area contributed by atoms with E-state index in [1.807, 2.05) is 43.3 Å². The summed E-state index contributed by atoms with van der Waals surface area (Å²) in [5, 5.41) is 4.42. The van der Waals surface area contributed by atoms with E-state index in [-0.39, 0.29) is 49.8 Å². The fraction of sp³-hybridized carbons (Fsp3) is 0.167. The molecule has 4 heteroatoms. The number of nitrogens with zero attached hydrogens (tertiary/aromatic N) is 2. The number of para-hydroxylation sites is 1. The molecule has 0 saturated carbocycles. The number of fused-ring (bicyclic) bond motifs is 7. The van der Waals surface area contributed by atoms with E-state index >= 15 is 0 Å². The number of rotatable bonds is 2. The molecule has 0 spiro atoms. The van der Waals surface area contributed by atoms with Crippen molar-refractivity contribution in [2.24, 2.45) is 0 Å². The van der Waals surface area contributed by atoms with E-state index in [1.54, 1.807) is 7.11 Å². The van der Waals surface area contributed by atoms with E-state index in [0.717, 1.165) is 66.4 Å². The molecule has 7 rings (SSSR count). The molecule has 0 unspecified atom stereocenters. The van der Waals surface area contributed by atoms with Gasteiger partial charge in [-0.05, 0) is 48.2 Å². The minimum absolute atomic E-state index is 0. The van der Waals surface area contributed by atoms with Gasteiger partial charge in [0.25, 0.3) is 0 Å². The largest absolute Gasteiger partial charge is 1.00 e. The van der Waals surface area contributed by atoms with Crippen molar-refractivity contribution < 1.29 is 29.7 Å². The molecule has 6 aromatic rings. The number of ether oxygens (including phenoxy) is 1. The Morgan fingerprint density at radius 3 is 2.08 bits per heavy atom. The van der Waals surface area contributed by atoms with Crippen LogP contribution < -0.4 is 9.64 Å². The topological polar surface area (TPSA) is 17.4 Å². The van der Waals surface area contributed by atoms with Crippen LogP contribution in [0.2, 0.25) is 0 Å². The average Bonchev–Trinajstić information content (AvgIpc) is 3.32. The van der Waals surface area contributed by atoms with Crippen molar-refractivity contribution in [2.75, 3.05) is 12.0 Å². The zero-order valence-electron chi connectivity index (χ0n) is 27.1. The zero-order chi connectivity index (χ0) is 30.3. The summed E-state index contributed by atoms with van der Waals surface area (Å²) in [6, 6.07) is 25.1.